The molecule has 0 bridgehead atoms. The van der Waals surface area contributed by atoms with Gasteiger partial charge in [-0.2, -0.15) is 0 Å². The molecule has 0 saturated heterocycles. The lowest BCUT2D eigenvalue weighted by Crippen LogP contribution is -2.28. The molecule has 0 fully saturated rings. The van der Waals surface area contributed by atoms with Crippen molar-refractivity contribution in [1.82, 2.24) is 5.09 Å². The lowest BCUT2D eigenvalue weighted by Gasteiger charge is -2.09. The molecule has 0 saturated carbocycles. The number of hydrogen-bond acceptors (Lipinski definition) is 3. The van der Waals surface area contributed by atoms with Gasteiger partial charge >= 0.3 is 0 Å². The van der Waals surface area contributed by atoms with E-state index in [1.165, 1.54) is 13.8 Å². The molecule has 0 rings (SSSR count). The first-order valence-corrected chi connectivity index (χ1v) is 6.10. The van der Waals surface area contributed by atoms with Gasteiger partial charge in [-0.3, -0.25) is 14.7 Å². The summed E-state index contributed by atoms with van der Waals surface area (Å²) in [6.07, 6.45) is 0. The number of ketones is 2. The van der Waals surface area contributed by atoms with Crippen molar-refractivity contribution < 1.29 is 9.59 Å². The maximum absolute atomic E-state index is 10.8. The van der Waals surface area contributed by atoms with E-state index in [-0.39, 0.29) is 11.6 Å². The Labute approximate surface area is 70.6 Å². The molecule has 0 aromatic carbocycles. The fourth-order valence-electron chi connectivity index (χ4n) is 0.735. The van der Waals surface area contributed by atoms with Crippen LogP contribution in [0.5, 0.6) is 0 Å². The van der Waals surface area contributed by atoms with Crippen molar-refractivity contribution in [3.05, 3.63) is 0 Å². The molecule has 1 N–H and O–H groups in total. The highest BCUT2D eigenvalue weighted by molar-refractivity contribution is 8.01. The summed E-state index contributed by atoms with van der Waals surface area (Å²) in [5, 5.41) is 2.96. The molecular formula is C6H13NO2P2. The highest BCUT2D eigenvalue weighted by Gasteiger charge is 2.17. The highest BCUT2D eigenvalue weighted by Crippen LogP contribution is 2.14. The van der Waals surface area contributed by atoms with Crippen molar-refractivity contribution in [2.75, 3.05) is 6.54 Å². The summed E-state index contributed by atoms with van der Waals surface area (Å²) in [6.45, 7) is 3.35. The normalized spacial score (nSPS) is 11.3. The van der Waals surface area contributed by atoms with Gasteiger partial charge in [0, 0.05) is 6.54 Å². The second kappa shape index (κ2) is 5.77. The molecule has 0 aromatic rings. The number of hydrogen-bond donors (Lipinski definition) is 1. The van der Waals surface area contributed by atoms with Crippen molar-refractivity contribution in [1.29, 1.82) is 0 Å². The van der Waals surface area contributed by atoms with Crippen LogP contribution in [0.15, 0.2) is 0 Å². The van der Waals surface area contributed by atoms with Crippen molar-refractivity contribution in [2.24, 2.45) is 5.92 Å². The third-order valence-corrected chi connectivity index (χ3v) is 2.41. The van der Waals surface area contributed by atoms with Gasteiger partial charge in [0.1, 0.15) is 11.6 Å². The largest absolute Gasteiger partial charge is 0.299 e. The molecular weight excluding hydrogens is 180 g/mol. The molecule has 2 unspecified atom stereocenters. The molecule has 0 aliphatic rings. The van der Waals surface area contributed by atoms with E-state index in [0.29, 0.717) is 15.0 Å². The summed E-state index contributed by atoms with van der Waals surface area (Å²) in [6, 6.07) is 0. The Hall–Kier alpha value is 0.160. The van der Waals surface area contributed by atoms with Crippen LogP contribution in [0.4, 0.5) is 0 Å². The number of rotatable bonds is 5. The van der Waals surface area contributed by atoms with E-state index in [2.05, 4.69) is 14.0 Å². The van der Waals surface area contributed by atoms with Crippen LogP contribution in [0.3, 0.4) is 0 Å². The predicted molar refractivity (Wildman–Crippen MR) is 50.9 cm³/mol. The fourth-order valence-corrected chi connectivity index (χ4v) is 1.41. The maximum Gasteiger partial charge on any atom is 0.141 e. The molecule has 0 radical (unpaired) electrons. The zero-order chi connectivity index (χ0) is 8.85. The van der Waals surface area contributed by atoms with Crippen LogP contribution in [0.2, 0.25) is 0 Å². The molecule has 0 aromatic heterocycles. The van der Waals surface area contributed by atoms with Gasteiger partial charge < -0.3 is 0 Å². The quantitative estimate of drug-likeness (QED) is 0.517. The highest BCUT2D eigenvalue weighted by atomic mass is 32.0. The monoisotopic (exact) mass is 193 g/mol. The Bertz CT molecular complexity index is 147. The summed E-state index contributed by atoms with van der Waals surface area (Å²) in [7, 11) is 3.00. The summed E-state index contributed by atoms with van der Waals surface area (Å²) >= 11 is 0. The summed E-state index contributed by atoms with van der Waals surface area (Å²) in [5.41, 5.74) is 0. The molecule has 5 heteroatoms. The van der Waals surface area contributed by atoms with E-state index < -0.39 is 5.92 Å². The van der Waals surface area contributed by atoms with Crippen LogP contribution in [-0.4, -0.2) is 18.1 Å². The first kappa shape index (κ1) is 11.2. The Morgan fingerprint density at radius 1 is 1.45 bits per heavy atom. The van der Waals surface area contributed by atoms with E-state index in [9.17, 15) is 9.59 Å². The third-order valence-electron chi connectivity index (χ3n) is 1.39. The van der Waals surface area contributed by atoms with E-state index >= 15 is 0 Å². The Morgan fingerprint density at radius 2 is 1.91 bits per heavy atom. The predicted octanol–water partition coefficient (Wildman–Crippen LogP) is 0.754. The summed E-state index contributed by atoms with van der Waals surface area (Å²) in [5.74, 6) is -0.579. The molecule has 0 aliphatic carbocycles. The maximum atomic E-state index is 10.8. The SMILES string of the molecule is CC(=O)C(CNPP)C(C)=O. The minimum atomic E-state index is -0.456. The second-order valence-electron chi connectivity index (χ2n) is 2.30. The van der Waals surface area contributed by atoms with E-state index in [1.54, 1.807) is 0 Å². The lowest BCUT2D eigenvalue weighted by molar-refractivity contribution is -0.129. The van der Waals surface area contributed by atoms with Crippen LogP contribution < -0.4 is 5.09 Å². The zero-order valence-electron chi connectivity index (χ0n) is 6.68. The zero-order valence-corrected chi connectivity index (χ0v) is 8.83. The molecule has 3 nitrogen and oxygen atoms in total. The molecule has 2 atom stereocenters. The Morgan fingerprint density at radius 3 is 2.18 bits per heavy atom. The number of Topliss-reactive ketones (excluding diaryl/α,β-unsaturated/α-hetero) is 2. The first-order valence-electron chi connectivity index (χ1n) is 3.29. The van der Waals surface area contributed by atoms with Gasteiger partial charge in [-0.15, -0.1) is 0 Å². The van der Waals surface area contributed by atoms with Crippen LogP contribution in [0, 0.1) is 5.92 Å². The van der Waals surface area contributed by atoms with Gasteiger partial charge in [-0.05, 0) is 22.3 Å². The van der Waals surface area contributed by atoms with Crippen LogP contribution in [-0.2, 0) is 9.59 Å². The average molecular weight is 193 g/mol. The van der Waals surface area contributed by atoms with Crippen molar-refractivity contribution in [3.8, 4) is 0 Å². The minimum Gasteiger partial charge on any atom is -0.299 e. The fraction of sp³-hybridized carbons (Fsp3) is 0.667. The van der Waals surface area contributed by atoms with Gasteiger partial charge in [-0.25, -0.2) is 0 Å². The van der Waals surface area contributed by atoms with Gasteiger partial charge in [0.15, 0.2) is 0 Å². The third kappa shape index (κ3) is 4.58. The van der Waals surface area contributed by atoms with Gasteiger partial charge in [-0.1, -0.05) is 8.93 Å². The molecule has 0 amide bonds. The van der Waals surface area contributed by atoms with Crippen molar-refractivity contribution in [2.45, 2.75) is 13.8 Å². The van der Waals surface area contributed by atoms with Crippen molar-refractivity contribution >= 4 is 28.9 Å². The Balaban J connectivity index is 3.90. The molecule has 11 heavy (non-hydrogen) atoms. The smallest absolute Gasteiger partial charge is 0.141 e. The Kier molecular flexibility index (Phi) is 5.85. The van der Waals surface area contributed by atoms with Gasteiger partial charge in [0.05, 0.1) is 5.92 Å². The van der Waals surface area contributed by atoms with E-state index in [1.807, 2.05) is 0 Å². The average Bonchev–Trinajstić information content (AvgIpc) is 1.87. The number of carbonyl (C=O) groups excluding carboxylic acids is 2. The minimum absolute atomic E-state index is 0.0618. The lowest BCUT2D eigenvalue weighted by atomic mass is 10.0. The number of nitrogens with one attached hydrogen (secondary N) is 1. The van der Waals surface area contributed by atoms with E-state index in [0.717, 1.165) is 0 Å². The van der Waals surface area contributed by atoms with E-state index in [4.69, 9.17) is 0 Å². The summed E-state index contributed by atoms with van der Waals surface area (Å²) < 4.78 is 0. The van der Waals surface area contributed by atoms with Crippen LogP contribution >= 0.6 is 17.3 Å². The standard InChI is InChI=1S/C6H13NO2P2/c1-4(8)6(5(2)9)3-7-11-10/h6-7,11H,3,10H2,1-2H3. The first-order chi connectivity index (χ1) is 5.09. The van der Waals surface area contributed by atoms with Gasteiger partial charge in [0.2, 0.25) is 0 Å². The molecule has 64 valence electrons. The summed E-state index contributed by atoms with van der Waals surface area (Å²) in [4.78, 5) is 21.7. The van der Waals surface area contributed by atoms with Crippen molar-refractivity contribution in [3.63, 3.8) is 0 Å². The molecule has 0 aliphatic heterocycles. The topological polar surface area (TPSA) is 46.2 Å². The molecule has 0 spiro atoms. The van der Waals surface area contributed by atoms with Crippen LogP contribution in [0.25, 0.3) is 0 Å². The van der Waals surface area contributed by atoms with Crippen LogP contribution in [0.1, 0.15) is 13.8 Å². The number of carbonyl (C=O) groups is 2. The van der Waals surface area contributed by atoms with Gasteiger partial charge in [0.25, 0.3) is 0 Å². The molecule has 0 heterocycles. The second-order valence-corrected chi connectivity index (χ2v) is 3.81.